The zero-order valence-electron chi connectivity index (χ0n) is 7.46. The van der Waals surface area contributed by atoms with Crippen molar-refractivity contribution in [1.82, 2.24) is 0 Å². The van der Waals surface area contributed by atoms with Crippen molar-refractivity contribution < 1.29 is 9.18 Å². The van der Waals surface area contributed by atoms with Crippen LogP contribution in [0.4, 0.5) is 4.39 Å². The molecule has 0 spiro atoms. The zero-order valence-corrected chi connectivity index (χ0v) is 7.46. The van der Waals surface area contributed by atoms with Crippen LogP contribution >= 0.6 is 0 Å². The summed E-state index contributed by atoms with van der Waals surface area (Å²) < 4.78 is 13.4. The van der Waals surface area contributed by atoms with Crippen LogP contribution in [0.2, 0.25) is 0 Å². The van der Waals surface area contributed by atoms with Crippen molar-refractivity contribution in [2.75, 3.05) is 0 Å². The molecule has 1 heterocycles. The van der Waals surface area contributed by atoms with E-state index >= 15 is 0 Å². The highest BCUT2D eigenvalue weighted by atomic mass is 19.1. The Labute approximate surface area is 80.5 Å². The van der Waals surface area contributed by atoms with E-state index in [1.54, 1.807) is 6.08 Å². The van der Waals surface area contributed by atoms with Gasteiger partial charge in [0.2, 0.25) is 5.91 Å². The number of halogens is 1. The van der Waals surface area contributed by atoms with Crippen molar-refractivity contribution in [3.8, 4) is 0 Å². The van der Waals surface area contributed by atoms with Crippen LogP contribution in [0, 0.1) is 0 Å². The summed E-state index contributed by atoms with van der Waals surface area (Å²) >= 11 is 0. The number of primary amides is 1. The van der Waals surface area contributed by atoms with Crippen molar-refractivity contribution >= 4 is 11.6 Å². The topological polar surface area (TPSA) is 55.5 Å². The van der Waals surface area contributed by atoms with Gasteiger partial charge in [0.15, 0.2) is 0 Å². The van der Waals surface area contributed by atoms with Gasteiger partial charge in [0.05, 0.1) is 12.1 Å². The van der Waals surface area contributed by atoms with E-state index in [4.69, 9.17) is 5.73 Å². The first-order valence-corrected chi connectivity index (χ1v) is 4.29. The van der Waals surface area contributed by atoms with Crippen LogP contribution in [0.1, 0.15) is 12.8 Å². The second kappa shape index (κ2) is 3.21. The lowest BCUT2D eigenvalue weighted by molar-refractivity contribution is -0.117. The van der Waals surface area contributed by atoms with Gasteiger partial charge in [-0.15, -0.1) is 0 Å². The average molecular weight is 192 g/mol. The van der Waals surface area contributed by atoms with Crippen molar-refractivity contribution in [3.05, 3.63) is 35.3 Å². The molecule has 14 heavy (non-hydrogen) atoms. The second-order valence-electron chi connectivity index (χ2n) is 3.20. The molecule has 2 aliphatic rings. The fourth-order valence-electron chi connectivity index (χ4n) is 1.60. The Morgan fingerprint density at radius 1 is 1.64 bits per heavy atom. The number of carbonyl (C=O) groups excluding carboxylic acids is 1. The standard InChI is InChI=1S/C10H9FN2O/c11-7-2-1-3-8-10(7)6(5-13-8)4-9(12)14/h1-2,5H,3-4H2,(H2,12,14). The van der Waals surface area contributed by atoms with E-state index in [0.717, 1.165) is 0 Å². The summed E-state index contributed by atoms with van der Waals surface area (Å²) in [6.07, 6.45) is 5.28. The smallest absolute Gasteiger partial charge is 0.221 e. The minimum atomic E-state index is -0.470. The summed E-state index contributed by atoms with van der Waals surface area (Å²) in [6, 6.07) is 0. The summed E-state index contributed by atoms with van der Waals surface area (Å²) in [6.45, 7) is 0. The number of hydrogen-bond donors (Lipinski definition) is 1. The lowest BCUT2D eigenvalue weighted by Crippen LogP contribution is -2.14. The molecular weight excluding hydrogens is 183 g/mol. The molecule has 0 saturated carbocycles. The zero-order chi connectivity index (χ0) is 10.1. The Hall–Kier alpha value is -1.71. The van der Waals surface area contributed by atoms with Crippen molar-refractivity contribution in [2.45, 2.75) is 12.8 Å². The number of carbonyl (C=O) groups is 1. The Morgan fingerprint density at radius 3 is 3.14 bits per heavy atom. The molecule has 0 aromatic rings. The van der Waals surface area contributed by atoms with Crippen LogP contribution in [-0.4, -0.2) is 11.6 Å². The van der Waals surface area contributed by atoms with Gasteiger partial charge in [-0.05, 0) is 11.6 Å². The number of amides is 1. The lowest BCUT2D eigenvalue weighted by Gasteiger charge is -2.10. The maximum absolute atomic E-state index is 13.4. The molecule has 1 aliphatic heterocycles. The highest BCUT2D eigenvalue weighted by molar-refractivity contribution is 6.09. The number of hydrogen-bond acceptors (Lipinski definition) is 2. The van der Waals surface area contributed by atoms with Gasteiger partial charge in [-0.3, -0.25) is 9.79 Å². The van der Waals surface area contributed by atoms with Crippen LogP contribution in [0.15, 0.2) is 40.3 Å². The molecule has 3 nitrogen and oxygen atoms in total. The number of nitrogens with zero attached hydrogens (tertiary/aromatic N) is 1. The third kappa shape index (κ3) is 1.39. The number of aliphatic imine (C=N–C) groups is 1. The molecule has 0 unspecified atom stereocenters. The molecule has 0 aromatic heterocycles. The molecule has 0 fully saturated rings. The molecule has 2 rings (SSSR count). The highest BCUT2D eigenvalue weighted by Crippen LogP contribution is 2.30. The Morgan fingerprint density at radius 2 is 2.43 bits per heavy atom. The molecule has 1 amide bonds. The van der Waals surface area contributed by atoms with Gasteiger partial charge in [-0.25, -0.2) is 4.39 Å². The largest absolute Gasteiger partial charge is 0.369 e. The maximum Gasteiger partial charge on any atom is 0.221 e. The number of allylic oxidation sites excluding steroid dienone is 4. The predicted octanol–water partition coefficient (Wildman–Crippen LogP) is 1.38. The van der Waals surface area contributed by atoms with Crippen LogP contribution in [0.25, 0.3) is 0 Å². The third-order valence-electron chi connectivity index (χ3n) is 2.16. The van der Waals surface area contributed by atoms with Gasteiger partial charge in [-0.2, -0.15) is 0 Å². The Balaban J connectivity index is 2.33. The summed E-state index contributed by atoms with van der Waals surface area (Å²) in [5.41, 5.74) is 6.76. The van der Waals surface area contributed by atoms with Crippen LogP contribution < -0.4 is 5.73 Å². The molecule has 0 aromatic carbocycles. The summed E-state index contributed by atoms with van der Waals surface area (Å²) in [4.78, 5) is 14.7. The predicted molar refractivity (Wildman–Crippen MR) is 51.2 cm³/mol. The average Bonchev–Trinajstić information content (AvgIpc) is 2.49. The Bertz CT molecular complexity index is 416. The molecule has 2 N–H and O–H groups in total. The summed E-state index contributed by atoms with van der Waals surface area (Å²) in [5.74, 6) is -0.803. The van der Waals surface area contributed by atoms with Crippen LogP contribution in [0.3, 0.4) is 0 Å². The van der Waals surface area contributed by atoms with E-state index in [1.807, 2.05) is 0 Å². The minimum Gasteiger partial charge on any atom is -0.369 e. The van der Waals surface area contributed by atoms with E-state index in [2.05, 4.69) is 4.99 Å². The molecule has 1 aliphatic carbocycles. The number of rotatable bonds is 2. The second-order valence-corrected chi connectivity index (χ2v) is 3.20. The molecule has 0 atom stereocenters. The quantitative estimate of drug-likeness (QED) is 0.706. The normalized spacial score (nSPS) is 19.2. The molecule has 0 radical (unpaired) electrons. The van der Waals surface area contributed by atoms with Crippen molar-refractivity contribution in [2.24, 2.45) is 10.7 Å². The lowest BCUT2D eigenvalue weighted by atomic mass is 9.95. The summed E-state index contributed by atoms with van der Waals surface area (Å²) in [5, 5.41) is 0. The van der Waals surface area contributed by atoms with E-state index < -0.39 is 5.91 Å². The van der Waals surface area contributed by atoms with Crippen molar-refractivity contribution in [3.63, 3.8) is 0 Å². The fraction of sp³-hybridized carbons (Fsp3) is 0.200. The SMILES string of the molecule is NC(=O)CC1=CN=C2CC=CC(F)=C12. The molecular formula is C10H9FN2O. The first-order chi connectivity index (χ1) is 6.68. The highest BCUT2D eigenvalue weighted by Gasteiger charge is 2.23. The fourth-order valence-corrected chi connectivity index (χ4v) is 1.60. The van der Waals surface area contributed by atoms with Gasteiger partial charge in [0.25, 0.3) is 0 Å². The van der Waals surface area contributed by atoms with Crippen LogP contribution in [-0.2, 0) is 4.79 Å². The first kappa shape index (κ1) is 8.87. The van der Waals surface area contributed by atoms with Gasteiger partial charge >= 0.3 is 0 Å². The van der Waals surface area contributed by atoms with E-state index in [9.17, 15) is 9.18 Å². The third-order valence-corrected chi connectivity index (χ3v) is 2.16. The first-order valence-electron chi connectivity index (χ1n) is 4.29. The van der Waals surface area contributed by atoms with Gasteiger partial charge < -0.3 is 5.73 Å². The minimum absolute atomic E-state index is 0.0452. The van der Waals surface area contributed by atoms with E-state index in [1.165, 1.54) is 12.3 Å². The van der Waals surface area contributed by atoms with Crippen molar-refractivity contribution in [1.29, 1.82) is 0 Å². The number of fused-ring (bicyclic) bond motifs is 1. The van der Waals surface area contributed by atoms with Gasteiger partial charge in [0, 0.05) is 18.2 Å². The van der Waals surface area contributed by atoms with E-state index in [0.29, 0.717) is 23.3 Å². The van der Waals surface area contributed by atoms with Crippen LogP contribution in [0.5, 0.6) is 0 Å². The molecule has 72 valence electrons. The van der Waals surface area contributed by atoms with Gasteiger partial charge in [0.1, 0.15) is 5.83 Å². The van der Waals surface area contributed by atoms with E-state index in [-0.39, 0.29) is 12.2 Å². The molecule has 0 bridgehead atoms. The Kier molecular flexibility index (Phi) is 2.04. The maximum atomic E-state index is 13.4. The van der Waals surface area contributed by atoms with Gasteiger partial charge in [-0.1, -0.05) is 6.08 Å². The number of nitrogens with two attached hydrogens (primary N) is 1. The monoisotopic (exact) mass is 192 g/mol. The summed E-state index contributed by atoms with van der Waals surface area (Å²) in [7, 11) is 0. The molecule has 0 saturated heterocycles. The molecule has 4 heteroatoms.